The molecule has 0 saturated carbocycles. The van der Waals surface area contributed by atoms with Gasteiger partial charge in [0.05, 0.1) is 6.54 Å². The molecule has 0 aliphatic carbocycles. The van der Waals surface area contributed by atoms with E-state index in [0.717, 1.165) is 6.08 Å². The molecule has 0 aliphatic rings. The van der Waals surface area contributed by atoms with Crippen molar-refractivity contribution in [3.8, 4) is 0 Å². The van der Waals surface area contributed by atoms with E-state index in [1.54, 1.807) is 6.92 Å². The predicted octanol–water partition coefficient (Wildman–Crippen LogP) is -0.732. The van der Waals surface area contributed by atoms with Crippen molar-refractivity contribution >= 4 is 17.8 Å². The number of hydrogen-bond donors (Lipinski definition) is 3. The summed E-state index contributed by atoms with van der Waals surface area (Å²) in [5.74, 6) is -2.12. The maximum absolute atomic E-state index is 11.1. The lowest BCUT2D eigenvalue weighted by molar-refractivity contribution is -0.141. The third-order valence-corrected chi connectivity index (χ3v) is 1.65. The minimum Gasteiger partial charge on any atom is -0.480 e. The number of hydrogen-bond acceptors (Lipinski definition) is 3. The van der Waals surface area contributed by atoms with E-state index < -0.39 is 23.8 Å². The summed E-state index contributed by atoms with van der Waals surface area (Å²) in [6.07, 6.45) is 1.32. The van der Waals surface area contributed by atoms with Crippen LogP contribution < -0.4 is 10.6 Å². The summed E-state index contributed by atoms with van der Waals surface area (Å²) in [6.45, 7) is 4.59. The van der Waals surface area contributed by atoms with Gasteiger partial charge in [-0.2, -0.15) is 0 Å². The smallest absolute Gasteiger partial charge is 0.326 e. The van der Waals surface area contributed by atoms with Gasteiger partial charge in [0.2, 0.25) is 11.8 Å². The van der Waals surface area contributed by atoms with Gasteiger partial charge in [-0.1, -0.05) is 13.5 Å². The summed E-state index contributed by atoms with van der Waals surface area (Å²) in [7, 11) is 0. The number of carboxylic acid groups (broad SMARTS) is 1. The average Bonchev–Trinajstić information content (AvgIpc) is 2.21. The first kappa shape index (κ1) is 13.2. The van der Waals surface area contributed by atoms with Gasteiger partial charge in [-0.05, 0) is 12.5 Å². The Morgan fingerprint density at radius 3 is 2.47 bits per heavy atom. The van der Waals surface area contributed by atoms with Gasteiger partial charge >= 0.3 is 5.97 Å². The molecule has 0 aliphatic heterocycles. The number of nitrogens with one attached hydrogen (secondary N) is 2. The molecule has 2 amide bonds. The average molecular weight is 214 g/mol. The number of carbonyl (C=O) groups excluding carboxylic acids is 2. The minimum absolute atomic E-state index is 0.255. The zero-order chi connectivity index (χ0) is 11.8. The maximum Gasteiger partial charge on any atom is 0.326 e. The molecule has 6 nitrogen and oxygen atoms in total. The standard InChI is InChI=1S/C9H14N2O4/c1-3-6(9(14)15)11-8(13)5-10-7(12)4-2/h4,6H,2-3,5H2,1H3,(H,10,12)(H,11,13)(H,14,15)/t6-/m0/s1. The third kappa shape index (κ3) is 5.45. The summed E-state index contributed by atoms with van der Waals surface area (Å²) < 4.78 is 0. The van der Waals surface area contributed by atoms with E-state index in [1.807, 2.05) is 0 Å². The minimum atomic E-state index is -1.10. The molecular weight excluding hydrogens is 200 g/mol. The lowest BCUT2D eigenvalue weighted by atomic mass is 10.2. The van der Waals surface area contributed by atoms with E-state index in [4.69, 9.17) is 5.11 Å². The molecule has 6 heteroatoms. The maximum atomic E-state index is 11.1. The second-order valence-electron chi connectivity index (χ2n) is 2.79. The highest BCUT2D eigenvalue weighted by Crippen LogP contribution is 1.89. The van der Waals surface area contributed by atoms with Crippen molar-refractivity contribution in [2.45, 2.75) is 19.4 Å². The van der Waals surface area contributed by atoms with Crippen molar-refractivity contribution in [3.63, 3.8) is 0 Å². The Hall–Kier alpha value is -1.85. The Kier molecular flexibility index (Phi) is 5.77. The Labute approximate surface area is 87.3 Å². The summed E-state index contributed by atoms with van der Waals surface area (Å²) in [6, 6.07) is -0.918. The first-order valence-electron chi connectivity index (χ1n) is 4.43. The van der Waals surface area contributed by atoms with Crippen LogP contribution in [0.4, 0.5) is 0 Å². The Morgan fingerprint density at radius 1 is 1.47 bits per heavy atom. The molecule has 0 saturated heterocycles. The zero-order valence-corrected chi connectivity index (χ0v) is 8.45. The van der Waals surface area contributed by atoms with Crippen LogP contribution in [0.15, 0.2) is 12.7 Å². The van der Waals surface area contributed by atoms with Crippen molar-refractivity contribution < 1.29 is 19.5 Å². The number of rotatable bonds is 6. The van der Waals surface area contributed by atoms with Crippen LogP contribution in [0.5, 0.6) is 0 Å². The number of amides is 2. The second-order valence-corrected chi connectivity index (χ2v) is 2.79. The highest BCUT2D eigenvalue weighted by Gasteiger charge is 2.17. The van der Waals surface area contributed by atoms with Crippen LogP contribution >= 0.6 is 0 Å². The van der Waals surface area contributed by atoms with E-state index >= 15 is 0 Å². The highest BCUT2D eigenvalue weighted by molar-refractivity contribution is 5.91. The summed E-state index contributed by atoms with van der Waals surface area (Å²) in [5.41, 5.74) is 0. The fourth-order valence-corrected chi connectivity index (χ4v) is 0.823. The van der Waals surface area contributed by atoms with Crippen LogP contribution in [0.1, 0.15) is 13.3 Å². The summed E-state index contributed by atoms with van der Waals surface area (Å²) in [5, 5.41) is 13.1. The van der Waals surface area contributed by atoms with Crippen molar-refractivity contribution in [3.05, 3.63) is 12.7 Å². The molecule has 84 valence electrons. The van der Waals surface area contributed by atoms with Crippen LogP contribution in [-0.4, -0.2) is 35.5 Å². The first-order chi connectivity index (χ1) is 7.01. The third-order valence-electron chi connectivity index (χ3n) is 1.65. The highest BCUT2D eigenvalue weighted by atomic mass is 16.4. The van der Waals surface area contributed by atoms with E-state index in [9.17, 15) is 14.4 Å². The molecule has 0 fully saturated rings. The van der Waals surface area contributed by atoms with Gasteiger partial charge < -0.3 is 15.7 Å². The molecule has 0 heterocycles. The van der Waals surface area contributed by atoms with Crippen LogP contribution in [-0.2, 0) is 14.4 Å². The van der Waals surface area contributed by atoms with Crippen LogP contribution in [0.2, 0.25) is 0 Å². The van der Waals surface area contributed by atoms with E-state index in [0.29, 0.717) is 0 Å². The zero-order valence-electron chi connectivity index (χ0n) is 8.45. The predicted molar refractivity (Wildman–Crippen MR) is 53.1 cm³/mol. The second kappa shape index (κ2) is 6.58. The lowest BCUT2D eigenvalue weighted by Gasteiger charge is -2.11. The molecule has 1 atom stereocenters. The SMILES string of the molecule is C=CC(=O)NCC(=O)N[C@@H](CC)C(=O)O. The first-order valence-corrected chi connectivity index (χ1v) is 4.43. The van der Waals surface area contributed by atoms with Gasteiger partial charge in [-0.25, -0.2) is 4.79 Å². The molecule has 0 aromatic rings. The van der Waals surface area contributed by atoms with Crippen LogP contribution in [0.3, 0.4) is 0 Å². The number of carbonyl (C=O) groups is 3. The van der Waals surface area contributed by atoms with Crippen molar-refractivity contribution in [2.24, 2.45) is 0 Å². The monoisotopic (exact) mass is 214 g/mol. The van der Waals surface area contributed by atoms with Gasteiger partial charge in [0.1, 0.15) is 6.04 Å². The molecule has 0 bridgehead atoms. The van der Waals surface area contributed by atoms with Crippen molar-refractivity contribution in [1.82, 2.24) is 10.6 Å². The fourth-order valence-electron chi connectivity index (χ4n) is 0.823. The molecule has 0 spiro atoms. The largest absolute Gasteiger partial charge is 0.480 e. The molecule has 3 N–H and O–H groups in total. The molecule has 15 heavy (non-hydrogen) atoms. The Balaban J connectivity index is 3.96. The molecular formula is C9H14N2O4. The number of aliphatic carboxylic acids is 1. The lowest BCUT2D eigenvalue weighted by Crippen LogP contribution is -2.44. The topological polar surface area (TPSA) is 95.5 Å². The van der Waals surface area contributed by atoms with Crippen LogP contribution in [0.25, 0.3) is 0 Å². The Bertz CT molecular complexity index is 275. The molecule has 0 rings (SSSR count). The van der Waals surface area contributed by atoms with Crippen LogP contribution in [0, 0.1) is 0 Å². The molecule has 0 unspecified atom stereocenters. The molecule has 0 aromatic heterocycles. The van der Waals surface area contributed by atoms with Gasteiger partial charge in [-0.15, -0.1) is 0 Å². The van der Waals surface area contributed by atoms with E-state index in [-0.39, 0.29) is 13.0 Å². The normalized spacial score (nSPS) is 11.3. The van der Waals surface area contributed by atoms with Gasteiger partial charge in [0.25, 0.3) is 0 Å². The van der Waals surface area contributed by atoms with E-state index in [2.05, 4.69) is 17.2 Å². The summed E-state index contributed by atoms with van der Waals surface area (Å²) >= 11 is 0. The van der Waals surface area contributed by atoms with Crippen molar-refractivity contribution in [1.29, 1.82) is 0 Å². The Morgan fingerprint density at radius 2 is 2.07 bits per heavy atom. The molecule has 0 radical (unpaired) electrons. The van der Waals surface area contributed by atoms with Gasteiger partial charge in [-0.3, -0.25) is 9.59 Å². The van der Waals surface area contributed by atoms with E-state index in [1.165, 1.54) is 0 Å². The van der Waals surface area contributed by atoms with Gasteiger partial charge in [0, 0.05) is 0 Å². The molecule has 0 aromatic carbocycles. The summed E-state index contributed by atoms with van der Waals surface area (Å²) in [4.78, 5) is 32.3. The van der Waals surface area contributed by atoms with Crippen molar-refractivity contribution in [2.75, 3.05) is 6.54 Å². The quantitative estimate of drug-likeness (QED) is 0.508. The van der Waals surface area contributed by atoms with Gasteiger partial charge in [0.15, 0.2) is 0 Å². The fraction of sp³-hybridized carbons (Fsp3) is 0.444. The number of carboxylic acids is 1.